The van der Waals surface area contributed by atoms with Gasteiger partial charge in [-0.15, -0.1) is 0 Å². The Balaban J connectivity index is 2.55. The average molecular weight is 256 g/mol. The minimum Gasteiger partial charge on any atom is -0.394 e. The lowest BCUT2D eigenvalue weighted by Gasteiger charge is -2.07. The fraction of sp³-hybridized carbons (Fsp3) is 0.182. The first kappa shape index (κ1) is 12.3. The van der Waals surface area contributed by atoms with Gasteiger partial charge in [-0.05, 0) is 12.1 Å². The van der Waals surface area contributed by atoms with Gasteiger partial charge in [0.05, 0.1) is 5.56 Å². The normalized spacial score (nSPS) is 11.8. The van der Waals surface area contributed by atoms with Gasteiger partial charge in [0.1, 0.15) is 17.2 Å². The van der Waals surface area contributed by atoms with Crippen LogP contribution in [0.5, 0.6) is 0 Å². The second-order valence-corrected chi connectivity index (χ2v) is 3.85. The SMILES string of the molecule is Cn1nc(-c2cccc(C(F)(F)F)c2)c(N)c1N. The predicted molar refractivity (Wildman–Crippen MR) is 62.5 cm³/mol. The van der Waals surface area contributed by atoms with Gasteiger partial charge in [-0.2, -0.15) is 18.3 Å². The lowest BCUT2D eigenvalue weighted by molar-refractivity contribution is -0.137. The number of halogens is 3. The number of hydrogen-bond donors (Lipinski definition) is 2. The van der Waals surface area contributed by atoms with Crippen LogP contribution in [0.2, 0.25) is 0 Å². The minimum atomic E-state index is -4.40. The molecule has 4 N–H and O–H groups in total. The molecule has 0 saturated carbocycles. The van der Waals surface area contributed by atoms with Gasteiger partial charge < -0.3 is 11.5 Å². The van der Waals surface area contributed by atoms with Gasteiger partial charge >= 0.3 is 6.18 Å². The van der Waals surface area contributed by atoms with E-state index in [9.17, 15) is 13.2 Å². The van der Waals surface area contributed by atoms with Crippen molar-refractivity contribution in [3.63, 3.8) is 0 Å². The van der Waals surface area contributed by atoms with Crippen LogP contribution in [-0.4, -0.2) is 9.78 Å². The molecule has 2 rings (SSSR count). The Bertz CT molecular complexity index is 586. The van der Waals surface area contributed by atoms with E-state index in [1.807, 2.05) is 0 Å². The van der Waals surface area contributed by atoms with E-state index >= 15 is 0 Å². The molecule has 0 spiro atoms. The number of nitrogens with zero attached hydrogens (tertiary/aromatic N) is 2. The number of anilines is 2. The molecule has 0 fully saturated rings. The molecular formula is C11H11F3N4. The number of hydrogen-bond acceptors (Lipinski definition) is 3. The first-order valence-electron chi connectivity index (χ1n) is 5.06. The molecule has 0 radical (unpaired) electrons. The molecule has 1 aromatic heterocycles. The van der Waals surface area contributed by atoms with Crippen molar-refractivity contribution in [1.29, 1.82) is 0 Å². The monoisotopic (exact) mass is 256 g/mol. The zero-order valence-electron chi connectivity index (χ0n) is 9.49. The van der Waals surface area contributed by atoms with Crippen LogP contribution in [-0.2, 0) is 13.2 Å². The molecule has 0 aliphatic rings. The third-order valence-corrected chi connectivity index (χ3v) is 2.59. The number of aryl methyl sites for hydroxylation is 1. The Hall–Kier alpha value is -2.18. The summed E-state index contributed by atoms with van der Waals surface area (Å²) in [6.07, 6.45) is -4.40. The lowest BCUT2D eigenvalue weighted by Crippen LogP contribution is -2.04. The maximum Gasteiger partial charge on any atom is 0.416 e. The van der Waals surface area contributed by atoms with Crippen molar-refractivity contribution in [3.05, 3.63) is 29.8 Å². The number of nitrogens with two attached hydrogens (primary N) is 2. The Labute approximate surface area is 101 Å². The van der Waals surface area contributed by atoms with Gasteiger partial charge in [-0.25, -0.2) is 0 Å². The smallest absolute Gasteiger partial charge is 0.394 e. The van der Waals surface area contributed by atoms with Crippen LogP contribution in [0.3, 0.4) is 0 Å². The number of benzene rings is 1. The van der Waals surface area contributed by atoms with Crippen molar-refractivity contribution in [2.75, 3.05) is 11.5 Å². The molecule has 0 atom stereocenters. The molecule has 7 heteroatoms. The largest absolute Gasteiger partial charge is 0.416 e. The van der Waals surface area contributed by atoms with Crippen LogP contribution < -0.4 is 11.5 Å². The predicted octanol–water partition coefficient (Wildman–Crippen LogP) is 2.27. The number of rotatable bonds is 1. The van der Waals surface area contributed by atoms with Crippen LogP contribution in [0.15, 0.2) is 24.3 Å². The molecule has 2 aromatic rings. The molecule has 18 heavy (non-hydrogen) atoms. The van der Waals surface area contributed by atoms with Gasteiger partial charge in [0.15, 0.2) is 0 Å². The highest BCUT2D eigenvalue weighted by Gasteiger charge is 2.30. The minimum absolute atomic E-state index is 0.178. The molecule has 1 aromatic carbocycles. The van der Waals surface area contributed by atoms with Crippen molar-refractivity contribution < 1.29 is 13.2 Å². The van der Waals surface area contributed by atoms with E-state index in [0.717, 1.165) is 12.1 Å². The van der Waals surface area contributed by atoms with Crippen molar-refractivity contribution in [3.8, 4) is 11.3 Å². The number of nitrogen functional groups attached to an aromatic ring is 2. The van der Waals surface area contributed by atoms with E-state index in [4.69, 9.17) is 11.5 Å². The zero-order valence-corrected chi connectivity index (χ0v) is 9.49. The van der Waals surface area contributed by atoms with E-state index in [2.05, 4.69) is 5.10 Å². The molecule has 0 aliphatic carbocycles. The van der Waals surface area contributed by atoms with Gasteiger partial charge in [0, 0.05) is 12.6 Å². The number of aromatic nitrogens is 2. The molecular weight excluding hydrogens is 245 g/mol. The Morgan fingerprint density at radius 2 is 1.89 bits per heavy atom. The van der Waals surface area contributed by atoms with Gasteiger partial charge in [-0.3, -0.25) is 4.68 Å². The maximum atomic E-state index is 12.6. The van der Waals surface area contributed by atoms with Crippen LogP contribution in [0.4, 0.5) is 24.7 Å². The summed E-state index contributed by atoms with van der Waals surface area (Å²) in [4.78, 5) is 0. The summed E-state index contributed by atoms with van der Waals surface area (Å²) in [5, 5.41) is 4.00. The van der Waals surface area contributed by atoms with E-state index in [1.54, 1.807) is 7.05 Å². The second-order valence-electron chi connectivity index (χ2n) is 3.85. The number of alkyl halides is 3. The molecule has 0 aliphatic heterocycles. The molecule has 0 unspecified atom stereocenters. The Morgan fingerprint density at radius 1 is 1.22 bits per heavy atom. The van der Waals surface area contributed by atoms with Crippen molar-refractivity contribution in [2.24, 2.45) is 7.05 Å². The first-order valence-corrected chi connectivity index (χ1v) is 5.06. The summed E-state index contributed by atoms with van der Waals surface area (Å²) in [6, 6.07) is 4.81. The van der Waals surface area contributed by atoms with Crippen molar-refractivity contribution >= 4 is 11.5 Å². The van der Waals surface area contributed by atoms with Gasteiger partial charge in [0.2, 0.25) is 0 Å². The van der Waals surface area contributed by atoms with Crippen molar-refractivity contribution in [1.82, 2.24) is 9.78 Å². The highest BCUT2D eigenvalue weighted by atomic mass is 19.4. The standard InChI is InChI=1S/C11H11F3N4/c1-18-10(16)8(15)9(17-18)6-3-2-4-7(5-6)11(12,13)14/h2-5H,15-16H2,1H3. The van der Waals surface area contributed by atoms with E-state index in [-0.39, 0.29) is 22.8 Å². The van der Waals surface area contributed by atoms with Crippen LogP contribution in [0.1, 0.15) is 5.56 Å². The first-order chi connectivity index (χ1) is 8.30. The van der Waals surface area contributed by atoms with E-state index in [0.29, 0.717) is 0 Å². The molecule has 1 heterocycles. The zero-order chi connectivity index (χ0) is 13.5. The highest BCUT2D eigenvalue weighted by molar-refractivity contribution is 5.80. The van der Waals surface area contributed by atoms with Crippen molar-refractivity contribution in [2.45, 2.75) is 6.18 Å². The van der Waals surface area contributed by atoms with Gasteiger partial charge in [-0.1, -0.05) is 12.1 Å². The molecule has 96 valence electrons. The molecule has 0 saturated heterocycles. The van der Waals surface area contributed by atoms with Crippen LogP contribution in [0.25, 0.3) is 11.3 Å². The average Bonchev–Trinajstić information content (AvgIpc) is 2.56. The lowest BCUT2D eigenvalue weighted by atomic mass is 10.1. The van der Waals surface area contributed by atoms with E-state index < -0.39 is 11.7 Å². The van der Waals surface area contributed by atoms with Crippen LogP contribution in [0, 0.1) is 0 Å². The molecule has 4 nitrogen and oxygen atoms in total. The summed E-state index contributed by atoms with van der Waals surface area (Å²) in [7, 11) is 1.57. The fourth-order valence-corrected chi connectivity index (χ4v) is 1.61. The quantitative estimate of drug-likeness (QED) is 0.822. The Morgan fingerprint density at radius 3 is 2.39 bits per heavy atom. The topological polar surface area (TPSA) is 69.9 Å². The van der Waals surface area contributed by atoms with Crippen LogP contribution >= 0.6 is 0 Å². The highest BCUT2D eigenvalue weighted by Crippen LogP contribution is 2.34. The summed E-state index contributed by atoms with van der Waals surface area (Å²) in [5.41, 5.74) is 11.3. The van der Waals surface area contributed by atoms with Gasteiger partial charge in [0.25, 0.3) is 0 Å². The fourth-order valence-electron chi connectivity index (χ4n) is 1.61. The second kappa shape index (κ2) is 3.94. The summed E-state index contributed by atoms with van der Waals surface area (Å²) in [5.74, 6) is 0.224. The molecule has 0 amide bonds. The summed E-state index contributed by atoms with van der Waals surface area (Å²) in [6.45, 7) is 0. The Kier molecular flexibility index (Phi) is 2.68. The molecule has 0 bridgehead atoms. The third kappa shape index (κ3) is 1.99. The summed E-state index contributed by atoms with van der Waals surface area (Å²) >= 11 is 0. The summed E-state index contributed by atoms with van der Waals surface area (Å²) < 4.78 is 39.1. The maximum absolute atomic E-state index is 12.6. The third-order valence-electron chi connectivity index (χ3n) is 2.59. The van der Waals surface area contributed by atoms with E-state index in [1.165, 1.54) is 16.8 Å².